The summed E-state index contributed by atoms with van der Waals surface area (Å²) in [6, 6.07) is 1.02. The predicted octanol–water partition coefficient (Wildman–Crippen LogP) is -0.0119. The van der Waals surface area contributed by atoms with Crippen molar-refractivity contribution in [1.82, 2.24) is 19.9 Å². The van der Waals surface area contributed by atoms with Crippen molar-refractivity contribution >= 4 is 29.6 Å². The molecular formula is C11H9N5O3. The number of anilines is 1. The Bertz CT molecular complexity index is 693. The number of nitrogens with one attached hydrogen (secondary N) is 1. The first-order valence-corrected chi connectivity index (χ1v) is 5.59. The minimum atomic E-state index is -0.524. The van der Waals surface area contributed by atoms with Crippen LogP contribution >= 0.6 is 0 Å². The van der Waals surface area contributed by atoms with Crippen LogP contribution in [0.2, 0.25) is 0 Å². The summed E-state index contributed by atoms with van der Waals surface area (Å²) < 4.78 is 1.56. The van der Waals surface area contributed by atoms with Crippen molar-refractivity contribution in [2.24, 2.45) is 0 Å². The second-order valence-corrected chi connectivity index (χ2v) is 4.09. The fourth-order valence-electron chi connectivity index (χ4n) is 2.00. The van der Waals surface area contributed by atoms with E-state index in [0.717, 1.165) is 0 Å². The van der Waals surface area contributed by atoms with Crippen LogP contribution in [0.15, 0.2) is 18.6 Å². The zero-order chi connectivity index (χ0) is 13.4. The Morgan fingerprint density at radius 3 is 2.95 bits per heavy atom. The number of rotatable bonds is 2. The van der Waals surface area contributed by atoms with E-state index in [-0.39, 0.29) is 18.9 Å². The average molecular weight is 259 g/mol. The monoisotopic (exact) mass is 259 g/mol. The number of aromatic nitrogens is 3. The van der Waals surface area contributed by atoms with Crippen molar-refractivity contribution in [3.63, 3.8) is 0 Å². The second kappa shape index (κ2) is 4.16. The number of fused-ring (bicyclic) bond motifs is 1. The Hall–Kier alpha value is -2.77. The number of imide groups is 1. The molecule has 1 fully saturated rings. The van der Waals surface area contributed by atoms with Crippen LogP contribution in [0.3, 0.4) is 0 Å². The highest BCUT2D eigenvalue weighted by molar-refractivity contribution is 6.07. The minimum absolute atomic E-state index is 0.206. The van der Waals surface area contributed by atoms with Crippen molar-refractivity contribution in [3.05, 3.63) is 24.2 Å². The summed E-state index contributed by atoms with van der Waals surface area (Å²) in [7, 11) is 0. The molecule has 0 unspecified atom stereocenters. The molecule has 3 heterocycles. The highest BCUT2D eigenvalue weighted by atomic mass is 16.2. The molecule has 0 spiro atoms. The second-order valence-electron chi connectivity index (χ2n) is 4.09. The van der Waals surface area contributed by atoms with Gasteiger partial charge in [-0.15, -0.1) is 10.2 Å². The average Bonchev–Trinajstić information content (AvgIpc) is 2.86. The van der Waals surface area contributed by atoms with Crippen molar-refractivity contribution in [1.29, 1.82) is 0 Å². The van der Waals surface area contributed by atoms with Crippen LogP contribution in [0.5, 0.6) is 0 Å². The summed E-state index contributed by atoms with van der Waals surface area (Å²) in [5.74, 6) is -0.315. The summed E-state index contributed by atoms with van der Waals surface area (Å²) in [6.07, 6.45) is 3.89. The van der Waals surface area contributed by atoms with Gasteiger partial charge in [-0.05, 0) is 6.07 Å². The Kier molecular flexibility index (Phi) is 2.48. The molecule has 0 saturated carbocycles. The number of aldehydes is 1. The third-order valence-corrected chi connectivity index (χ3v) is 2.87. The fourth-order valence-corrected chi connectivity index (χ4v) is 2.00. The highest BCUT2D eigenvalue weighted by Crippen LogP contribution is 2.23. The van der Waals surface area contributed by atoms with Gasteiger partial charge in [-0.3, -0.25) is 24.2 Å². The molecule has 96 valence electrons. The third kappa shape index (κ3) is 1.82. The molecule has 0 bridgehead atoms. The zero-order valence-corrected chi connectivity index (χ0v) is 9.74. The number of urea groups is 1. The van der Waals surface area contributed by atoms with Gasteiger partial charge < -0.3 is 0 Å². The molecule has 19 heavy (non-hydrogen) atoms. The lowest BCUT2D eigenvalue weighted by Gasteiger charge is -2.26. The summed E-state index contributed by atoms with van der Waals surface area (Å²) in [5.41, 5.74) is 1.30. The molecule has 8 heteroatoms. The standard InChI is InChI=1S/C11H9N5O3/c17-5-7-3-8(10-14-12-6-15(10)4-7)16-2-1-9(18)13-11(16)19/h3-6H,1-2H2,(H,13,18,19). The largest absolute Gasteiger partial charge is 0.328 e. The maximum Gasteiger partial charge on any atom is 0.328 e. The lowest BCUT2D eigenvalue weighted by molar-refractivity contribution is -0.120. The van der Waals surface area contributed by atoms with Crippen LogP contribution < -0.4 is 10.2 Å². The van der Waals surface area contributed by atoms with Crippen molar-refractivity contribution in [3.8, 4) is 0 Å². The van der Waals surface area contributed by atoms with Crippen LogP contribution in [0, 0.1) is 0 Å². The zero-order valence-electron chi connectivity index (χ0n) is 9.74. The molecule has 0 aliphatic carbocycles. The van der Waals surface area contributed by atoms with Gasteiger partial charge in [0.1, 0.15) is 6.33 Å². The van der Waals surface area contributed by atoms with Gasteiger partial charge >= 0.3 is 6.03 Å². The first kappa shape index (κ1) is 11.3. The molecule has 8 nitrogen and oxygen atoms in total. The maximum atomic E-state index is 11.8. The van der Waals surface area contributed by atoms with Crippen molar-refractivity contribution in [2.45, 2.75) is 6.42 Å². The number of nitrogens with zero attached hydrogens (tertiary/aromatic N) is 4. The quantitative estimate of drug-likeness (QED) is 0.765. The van der Waals surface area contributed by atoms with E-state index < -0.39 is 6.03 Å². The summed E-state index contributed by atoms with van der Waals surface area (Å²) >= 11 is 0. The summed E-state index contributed by atoms with van der Waals surface area (Å²) in [6.45, 7) is 0.246. The van der Waals surface area contributed by atoms with E-state index in [1.807, 2.05) is 0 Å². The van der Waals surface area contributed by atoms with E-state index in [4.69, 9.17) is 0 Å². The highest BCUT2D eigenvalue weighted by Gasteiger charge is 2.26. The van der Waals surface area contributed by atoms with Crippen LogP contribution in [-0.4, -0.2) is 39.4 Å². The normalized spacial score (nSPS) is 15.7. The Balaban J connectivity index is 2.13. The van der Waals surface area contributed by atoms with E-state index in [1.165, 1.54) is 11.2 Å². The summed E-state index contributed by atoms with van der Waals surface area (Å²) in [5, 5.41) is 9.88. The molecule has 2 aromatic rings. The Morgan fingerprint density at radius 1 is 1.37 bits per heavy atom. The Morgan fingerprint density at radius 2 is 2.21 bits per heavy atom. The van der Waals surface area contributed by atoms with Gasteiger partial charge in [0.2, 0.25) is 5.91 Å². The minimum Gasteiger partial charge on any atom is -0.298 e. The van der Waals surface area contributed by atoms with Crippen LogP contribution in [0.25, 0.3) is 5.65 Å². The number of amides is 3. The molecule has 1 N–H and O–H groups in total. The lowest BCUT2D eigenvalue weighted by atomic mass is 10.2. The fraction of sp³-hybridized carbons (Fsp3) is 0.182. The van der Waals surface area contributed by atoms with E-state index in [9.17, 15) is 14.4 Å². The molecule has 2 aromatic heterocycles. The number of hydrogen-bond donors (Lipinski definition) is 1. The molecule has 1 aliphatic heterocycles. The SMILES string of the molecule is O=Cc1cc(N2CCC(=O)NC2=O)c2nncn2c1. The van der Waals surface area contributed by atoms with Gasteiger partial charge in [-0.2, -0.15) is 0 Å². The molecule has 3 amide bonds. The van der Waals surface area contributed by atoms with Gasteiger partial charge in [0, 0.05) is 24.7 Å². The van der Waals surface area contributed by atoms with Gasteiger partial charge in [0.05, 0.1) is 5.69 Å². The van der Waals surface area contributed by atoms with Crippen LogP contribution in [0.1, 0.15) is 16.8 Å². The predicted molar refractivity (Wildman–Crippen MR) is 63.9 cm³/mol. The molecule has 0 atom stereocenters. The van der Waals surface area contributed by atoms with Crippen LogP contribution in [-0.2, 0) is 4.79 Å². The maximum absolute atomic E-state index is 11.8. The molecular weight excluding hydrogens is 250 g/mol. The lowest BCUT2D eigenvalue weighted by Crippen LogP contribution is -2.49. The number of carbonyl (C=O) groups is 3. The smallest absolute Gasteiger partial charge is 0.298 e. The summed E-state index contributed by atoms with van der Waals surface area (Å²) in [4.78, 5) is 35.2. The number of carbonyl (C=O) groups excluding carboxylic acids is 3. The molecule has 0 radical (unpaired) electrons. The van der Waals surface area contributed by atoms with Gasteiger partial charge in [-0.25, -0.2) is 4.79 Å². The first-order chi connectivity index (χ1) is 9.19. The molecule has 3 rings (SSSR count). The topological polar surface area (TPSA) is 96.7 Å². The van der Waals surface area contributed by atoms with E-state index in [1.54, 1.807) is 16.7 Å². The first-order valence-electron chi connectivity index (χ1n) is 5.59. The Labute approximate surface area is 107 Å². The van der Waals surface area contributed by atoms with Crippen molar-refractivity contribution < 1.29 is 14.4 Å². The third-order valence-electron chi connectivity index (χ3n) is 2.87. The van der Waals surface area contributed by atoms with Crippen LogP contribution in [0.4, 0.5) is 10.5 Å². The molecule has 0 aromatic carbocycles. The van der Waals surface area contributed by atoms with E-state index >= 15 is 0 Å². The van der Waals surface area contributed by atoms with Gasteiger partial charge in [-0.1, -0.05) is 0 Å². The van der Waals surface area contributed by atoms with Crippen molar-refractivity contribution in [2.75, 3.05) is 11.4 Å². The molecule has 1 aliphatic rings. The van der Waals surface area contributed by atoms with E-state index in [0.29, 0.717) is 23.2 Å². The molecule has 1 saturated heterocycles. The van der Waals surface area contributed by atoms with E-state index in [2.05, 4.69) is 15.5 Å². The van der Waals surface area contributed by atoms with Gasteiger partial charge in [0.15, 0.2) is 11.9 Å². The number of hydrogen-bond acceptors (Lipinski definition) is 5. The number of pyridine rings is 1. The van der Waals surface area contributed by atoms with Gasteiger partial charge in [0.25, 0.3) is 0 Å².